The lowest BCUT2D eigenvalue weighted by Crippen LogP contribution is -2.64. The Bertz CT molecular complexity index is 585. The molecule has 5 heteroatoms. The maximum Gasteiger partial charge on any atom is 0.222 e. The summed E-state index contributed by atoms with van der Waals surface area (Å²) < 4.78 is 13.0. The van der Waals surface area contributed by atoms with Gasteiger partial charge < -0.3 is 9.80 Å². The molecule has 0 aromatic heterocycles. The van der Waals surface area contributed by atoms with Gasteiger partial charge in [0.05, 0.1) is 0 Å². The Morgan fingerprint density at radius 2 is 1.64 bits per heavy atom. The molecule has 4 nitrogen and oxygen atoms in total. The molecule has 1 saturated carbocycles. The summed E-state index contributed by atoms with van der Waals surface area (Å²) in [5.74, 6) is 0.832. The first-order valence-electron chi connectivity index (χ1n) is 9.71. The van der Waals surface area contributed by atoms with Gasteiger partial charge in [0.15, 0.2) is 0 Å². The van der Waals surface area contributed by atoms with Crippen LogP contribution in [0.15, 0.2) is 24.3 Å². The van der Waals surface area contributed by atoms with E-state index in [1.807, 2.05) is 12.1 Å². The second kappa shape index (κ2) is 7.32. The topological polar surface area (TPSA) is 26.8 Å². The molecule has 2 saturated heterocycles. The number of anilines is 1. The number of carbonyl (C=O) groups is 1. The van der Waals surface area contributed by atoms with Crippen LogP contribution in [0.5, 0.6) is 0 Å². The van der Waals surface area contributed by atoms with Crippen molar-refractivity contribution in [2.24, 2.45) is 5.92 Å². The number of rotatable bonds is 4. The van der Waals surface area contributed by atoms with Gasteiger partial charge in [0, 0.05) is 57.4 Å². The average molecular weight is 345 g/mol. The Kier molecular flexibility index (Phi) is 4.93. The van der Waals surface area contributed by atoms with Gasteiger partial charge in [-0.1, -0.05) is 12.8 Å². The Balaban J connectivity index is 1.20. The standard InChI is InChI=1S/C20H28FN3O/c21-17-5-7-18(8-6-17)22-9-11-23(12-10-22)19-14-24(15-19)20(25)13-16-3-1-2-4-16/h5-8,16,19H,1-4,9-15H2. The highest BCUT2D eigenvalue weighted by Gasteiger charge is 2.36. The number of benzene rings is 1. The minimum absolute atomic E-state index is 0.181. The fraction of sp³-hybridized carbons (Fsp3) is 0.650. The molecule has 0 atom stereocenters. The van der Waals surface area contributed by atoms with Gasteiger partial charge in [0.2, 0.25) is 5.91 Å². The molecule has 0 unspecified atom stereocenters. The summed E-state index contributed by atoms with van der Waals surface area (Å²) in [5.41, 5.74) is 1.10. The molecule has 1 aromatic carbocycles. The van der Waals surface area contributed by atoms with Gasteiger partial charge in [-0.25, -0.2) is 4.39 Å². The number of piperazine rings is 1. The maximum atomic E-state index is 13.0. The Hall–Kier alpha value is -1.62. The minimum Gasteiger partial charge on any atom is -0.369 e. The van der Waals surface area contributed by atoms with Crippen molar-refractivity contribution in [1.82, 2.24) is 9.80 Å². The third-order valence-corrected chi connectivity index (χ3v) is 6.18. The van der Waals surface area contributed by atoms with E-state index in [1.54, 1.807) is 0 Å². The van der Waals surface area contributed by atoms with Crippen molar-refractivity contribution in [2.45, 2.75) is 38.1 Å². The molecular weight excluding hydrogens is 317 g/mol. The number of amides is 1. The molecule has 0 bridgehead atoms. The Morgan fingerprint density at radius 1 is 1.00 bits per heavy atom. The Morgan fingerprint density at radius 3 is 2.28 bits per heavy atom. The lowest BCUT2D eigenvalue weighted by molar-refractivity contribution is -0.139. The zero-order chi connectivity index (χ0) is 17.2. The quantitative estimate of drug-likeness (QED) is 0.840. The SMILES string of the molecule is O=C(CC1CCCC1)N1CC(N2CCN(c3ccc(F)cc3)CC2)C1. The summed E-state index contributed by atoms with van der Waals surface area (Å²) in [4.78, 5) is 19.2. The van der Waals surface area contributed by atoms with Gasteiger partial charge in [-0.2, -0.15) is 0 Å². The third-order valence-electron chi connectivity index (χ3n) is 6.18. The lowest BCUT2D eigenvalue weighted by atomic mass is 10.00. The molecule has 1 aromatic rings. The first kappa shape index (κ1) is 16.8. The molecule has 136 valence electrons. The Labute approximate surface area is 149 Å². The van der Waals surface area contributed by atoms with Crippen LogP contribution in [0.1, 0.15) is 32.1 Å². The predicted molar refractivity (Wildman–Crippen MR) is 97.1 cm³/mol. The van der Waals surface area contributed by atoms with E-state index in [9.17, 15) is 9.18 Å². The second-order valence-electron chi connectivity index (χ2n) is 7.81. The van der Waals surface area contributed by atoms with E-state index >= 15 is 0 Å². The van der Waals surface area contributed by atoms with Gasteiger partial charge >= 0.3 is 0 Å². The molecule has 25 heavy (non-hydrogen) atoms. The molecule has 0 N–H and O–H groups in total. The van der Waals surface area contributed by atoms with Gasteiger partial charge in [-0.3, -0.25) is 9.69 Å². The van der Waals surface area contributed by atoms with Crippen LogP contribution in [0.25, 0.3) is 0 Å². The lowest BCUT2D eigenvalue weighted by Gasteiger charge is -2.48. The minimum atomic E-state index is -0.181. The first-order chi connectivity index (χ1) is 12.2. The number of nitrogens with zero attached hydrogens (tertiary/aromatic N) is 3. The van der Waals surface area contributed by atoms with E-state index in [-0.39, 0.29) is 5.82 Å². The number of hydrogen-bond acceptors (Lipinski definition) is 3. The number of halogens is 1. The van der Waals surface area contributed by atoms with E-state index in [2.05, 4.69) is 14.7 Å². The van der Waals surface area contributed by atoms with Crippen LogP contribution < -0.4 is 4.90 Å². The molecule has 0 spiro atoms. The van der Waals surface area contributed by atoms with Crippen molar-refractivity contribution < 1.29 is 9.18 Å². The largest absolute Gasteiger partial charge is 0.369 e. The van der Waals surface area contributed by atoms with E-state index in [4.69, 9.17) is 0 Å². The van der Waals surface area contributed by atoms with E-state index in [0.717, 1.165) is 51.4 Å². The molecule has 1 amide bonds. The van der Waals surface area contributed by atoms with Crippen molar-refractivity contribution in [3.8, 4) is 0 Å². The molecule has 4 rings (SSSR count). The summed E-state index contributed by atoms with van der Waals surface area (Å²) in [6.07, 6.45) is 5.87. The fourth-order valence-electron chi connectivity index (χ4n) is 4.48. The predicted octanol–water partition coefficient (Wildman–Crippen LogP) is 2.74. The monoisotopic (exact) mass is 345 g/mol. The summed E-state index contributed by atoms with van der Waals surface area (Å²) in [6.45, 7) is 5.79. The molecular formula is C20H28FN3O. The van der Waals surface area contributed by atoms with Crippen molar-refractivity contribution in [3.63, 3.8) is 0 Å². The van der Waals surface area contributed by atoms with Crippen molar-refractivity contribution in [3.05, 3.63) is 30.1 Å². The van der Waals surface area contributed by atoms with Crippen molar-refractivity contribution in [1.29, 1.82) is 0 Å². The highest BCUT2D eigenvalue weighted by atomic mass is 19.1. The molecule has 1 aliphatic carbocycles. The van der Waals surface area contributed by atoms with Crippen LogP contribution >= 0.6 is 0 Å². The third kappa shape index (κ3) is 3.81. The van der Waals surface area contributed by atoms with Crippen LogP contribution in [-0.2, 0) is 4.79 Å². The smallest absolute Gasteiger partial charge is 0.222 e. The second-order valence-corrected chi connectivity index (χ2v) is 7.81. The molecule has 2 heterocycles. The van der Waals surface area contributed by atoms with Gasteiger partial charge in [0.1, 0.15) is 5.82 Å². The highest BCUT2D eigenvalue weighted by Crippen LogP contribution is 2.29. The summed E-state index contributed by atoms with van der Waals surface area (Å²) in [5, 5.41) is 0. The molecule has 0 radical (unpaired) electrons. The van der Waals surface area contributed by atoms with Gasteiger partial charge in [-0.15, -0.1) is 0 Å². The maximum absolute atomic E-state index is 13.0. The van der Waals surface area contributed by atoms with Crippen LogP contribution in [0.3, 0.4) is 0 Å². The van der Waals surface area contributed by atoms with E-state index < -0.39 is 0 Å². The zero-order valence-electron chi connectivity index (χ0n) is 14.9. The van der Waals surface area contributed by atoms with Crippen LogP contribution in [-0.4, -0.2) is 61.0 Å². The normalized spacial score (nSPS) is 23.1. The van der Waals surface area contributed by atoms with E-state index in [1.165, 1.54) is 37.8 Å². The molecule has 3 aliphatic rings. The van der Waals surface area contributed by atoms with Crippen molar-refractivity contribution in [2.75, 3.05) is 44.2 Å². The fourth-order valence-corrected chi connectivity index (χ4v) is 4.48. The summed E-state index contributed by atoms with van der Waals surface area (Å²) >= 11 is 0. The van der Waals surface area contributed by atoms with Crippen molar-refractivity contribution >= 4 is 11.6 Å². The van der Waals surface area contributed by atoms with E-state index in [0.29, 0.717) is 17.9 Å². The summed E-state index contributed by atoms with van der Waals surface area (Å²) in [6, 6.07) is 7.31. The number of likely N-dealkylation sites (tertiary alicyclic amines) is 1. The summed E-state index contributed by atoms with van der Waals surface area (Å²) in [7, 11) is 0. The van der Waals surface area contributed by atoms with Crippen LogP contribution in [0.4, 0.5) is 10.1 Å². The molecule has 2 aliphatic heterocycles. The number of carbonyl (C=O) groups excluding carboxylic acids is 1. The molecule has 3 fully saturated rings. The van der Waals surface area contributed by atoms with Crippen LogP contribution in [0, 0.1) is 11.7 Å². The van der Waals surface area contributed by atoms with Gasteiger partial charge in [-0.05, 0) is 43.0 Å². The van der Waals surface area contributed by atoms with Crippen LogP contribution in [0.2, 0.25) is 0 Å². The number of hydrogen-bond donors (Lipinski definition) is 0. The van der Waals surface area contributed by atoms with Gasteiger partial charge in [0.25, 0.3) is 0 Å². The average Bonchev–Trinajstić information content (AvgIpc) is 3.08. The first-order valence-corrected chi connectivity index (χ1v) is 9.71. The zero-order valence-corrected chi connectivity index (χ0v) is 14.9. The highest BCUT2D eigenvalue weighted by molar-refractivity contribution is 5.77.